The molecule has 1 aliphatic carbocycles. The molecule has 1 heteroatoms. The summed E-state index contributed by atoms with van der Waals surface area (Å²) >= 11 is 6.48. The molecule has 32 heavy (non-hydrogen) atoms. The van der Waals surface area contributed by atoms with Crippen molar-refractivity contribution in [1.82, 2.24) is 0 Å². The number of benzene rings is 5. The molecule has 0 heterocycles. The van der Waals surface area contributed by atoms with Gasteiger partial charge in [0.2, 0.25) is 0 Å². The first-order valence-electron chi connectivity index (χ1n) is 10.9. The van der Waals surface area contributed by atoms with E-state index in [9.17, 15) is 0 Å². The summed E-state index contributed by atoms with van der Waals surface area (Å²) in [5.74, 6) is 0. The molecule has 0 atom stereocenters. The quantitative estimate of drug-likeness (QED) is 0.265. The van der Waals surface area contributed by atoms with Crippen LogP contribution >= 0.6 is 11.6 Å². The zero-order chi connectivity index (χ0) is 21.5. The van der Waals surface area contributed by atoms with Crippen LogP contribution in [0.4, 0.5) is 0 Å². The van der Waals surface area contributed by atoms with Crippen molar-refractivity contribution in [3.05, 3.63) is 155 Å². The lowest BCUT2D eigenvalue weighted by atomic mass is 9.67. The van der Waals surface area contributed by atoms with Gasteiger partial charge in [0.05, 0.1) is 5.41 Å². The first kappa shape index (κ1) is 19.1. The van der Waals surface area contributed by atoms with E-state index in [1.165, 1.54) is 33.4 Å². The van der Waals surface area contributed by atoms with Gasteiger partial charge in [-0.2, -0.15) is 0 Å². The molecule has 6 rings (SSSR count). The van der Waals surface area contributed by atoms with Crippen LogP contribution in [0.3, 0.4) is 0 Å². The van der Waals surface area contributed by atoms with Crippen LogP contribution in [0.15, 0.2) is 127 Å². The Balaban J connectivity index is 1.64. The molecule has 0 fully saturated rings. The van der Waals surface area contributed by atoms with Gasteiger partial charge >= 0.3 is 0 Å². The van der Waals surface area contributed by atoms with Gasteiger partial charge in [-0.3, -0.25) is 0 Å². The Hall–Kier alpha value is -3.61. The fourth-order valence-electron chi connectivity index (χ4n) is 5.31. The van der Waals surface area contributed by atoms with E-state index in [1.54, 1.807) is 0 Å². The van der Waals surface area contributed by atoms with Crippen LogP contribution in [-0.2, 0) is 5.41 Å². The molecule has 5 aromatic rings. The van der Waals surface area contributed by atoms with Crippen molar-refractivity contribution in [2.75, 3.05) is 0 Å². The maximum Gasteiger partial charge on any atom is 0.0713 e. The largest absolute Gasteiger partial charge is 0.0837 e. The molecule has 152 valence electrons. The molecule has 0 saturated carbocycles. The van der Waals surface area contributed by atoms with Gasteiger partial charge < -0.3 is 0 Å². The van der Waals surface area contributed by atoms with E-state index in [0.29, 0.717) is 0 Å². The highest BCUT2D eigenvalue weighted by Crippen LogP contribution is 2.56. The summed E-state index contributed by atoms with van der Waals surface area (Å²) < 4.78 is 0. The van der Waals surface area contributed by atoms with Crippen LogP contribution < -0.4 is 0 Å². The monoisotopic (exact) mass is 428 g/mol. The van der Waals surface area contributed by atoms with Crippen LogP contribution in [0.1, 0.15) is 22.3 Å². The zero-order valence-electron chi connectivity index (χ0n) is 17.5. The maximum atomic E-state index is 6.48. The Kier molecular flexibility index (Phi) is 4.48. The first-order valence-corrected chi connectivity index (χ1v) is 11.3. The van der Waals surface area contributed by atoms with Gasteiger partial charge in [-0.15, -0.1) is 0 Å². The molecule has 0 aliphatic heterocycles. The van der Waals surface area contributed by atoms with Crippen molar-refractivity contribution in [1.29, 1.82) is 0 Å². The molecule has 0 nitrogen and oxygen atoms in total. The summed E-state index contributed by atoms with van der Waals surface area (Å²) in [5.41, 5.74) is 9.65. The number of halogens is 1. The third kappa shape index (κ3) is 2.70. The van der Waals surface area contributed by atoms with Crippen molar-refractivity contribution >= 4 is 11.6 Å². The normalized spacial score (nSPS) is 13.4. The molecule has 0 amide bonds. The van der Waals surface area contributed by atoms with E-state index >= 15 is 0 Å². The van der Waals surface area contributed by atoms with Gasteiger partial charge in [0.25, 0.3) is 0 Å². The third-order valence-corrected chi connectivity index (χ3v) is 6.99. The average molecular weight is 429 g/mol. The second-order valence-electron chi connectivity index (χ2n) is 8.26. The molecule has 5 aromatic carbocycles. The van der Waals surface area contributed by atoms with E-state index in [1.807, 2.05) is 18.2 Å². The summed E-state index contributed by atoms with van der Waals surface area (Å²) in [6.07, 6.45) is 0. The summed E-state index contributed by atoms with van der Waals surface area (Å²) in [5, 5.41) is 0.773. The summed E-state index contributed by atoms with van der Waals surface area (Å²) in [7, 11) is 0. The van der Waals surface area contributed by atoms with Crippen LogP contribution in [0.2, 0.25) is 5.02 Å². The SMILES string of the molecule is Clc1ccccc1-c1ccc(C2(c3ccccc3)c3ccccc3-c3ccccc32)cc1. The van der Waals surface area contributed by atoms with Crippen LogP contribution in [0, 0.1) is 0 Å². The summed E-state index contributed by atoms with van der Waals surface area (Å²) in [4.78, 5) is 0. The lowest BCUT2D eigenvalue weighted by Crippen LogP contribution is -2.28. The van der Waals surface area contributed by atoms with Crippen molar-refractivity contribution in [2.45, 2.75) is 5.41 Å². The van der Waals surface area contributed by atoms with Gasteiger partial charge in [-0.1, -0.05) is 133 Å². The van der Waals surface area contributed by atoms with Crippen LogP contribution in [0.25, 0.3) is 22.3 Å². The standard InChI is InChI=1S/C31H21Cl/c32-30-17-9-6-12-25(30)22-18-20-24(21-19-22)31(23-10-2-1-3-11-23)28-15-7-4-13-26(28)27-14-5-8-16-29(27)31/h1-21H. The Morgan fingerprint density at radius 2 is 0.875 bits per heavy atom. The molecular formula is C31H21Cl. The minimum absolute atomic E-state index is 0.354. The number of fused-ring (bicyclic) bond motifs is 3. The van der Waals surface area contributed by atoms with E-state index in [0.717, 1.165) is 16.1 Å². The minimum Gasteiger partial charge on any atom is -0.0837 e. The maximum absolute atomic E-state index is 6.48. The lowest BCUT2D eigenvalue weighted by Gasteiger charge is -2.34. The number of rotatable bonds is 3. The molecule has 0 aromatic heterocycles. The molecule has 1 aliphatic rings. The van der Waals surface area contributed by atoms with Crippen molar-refractivity contribution in [3.8, 4) is 22.3 Å². The third-order valence-electron chi connectivity index (χ3n) is 6.66. The van der Waals surface area contributed by atoms with Crippen molar-refractivity contribution in [2.24, 2.45) is 0 Å². The van der Waals surface area contributed by atoms with E-state index in [2.05, 4.69) is 109 Å². The first-order chi connectivity index (χ1) is 15.8. The zero-order valence-corrected chi connectivity index (χ0v) is 18.3. The van der Waals surface area contributed by atoms with E-state index < -0.39 is 0 Å². The fraction of sp³-hybridized carbons (Fsp3) is 0.0323. The highest BCUT2D eigenvalue weighted by atomic mass is 35.5. The van der Waals surface area contributed by atoms with Crippen molar-refractivity contribution in [3.63, 3.8) is 0 Å². The van der Waals surface area contributed by atoms with Crippen LogP contribution in [-0.4, -0.2) is 0 Å². The molecule has 0 spiro atoms. The average Bonchev–Trinajstić information content (AvgIpc) is 3.16. The van der Waals surface area contributed by atoms with Crippen molar-refractivity contribution < 1.29 is 0 Å². The van der Waals surface area contributed by atoms with Gasteiger partial charge in [0.1, 0.15) is 0 Å². The molecule has 0 saturated heterocycles. The van der Waals surface area contributed by atoms with Gasteiger partial charge in [-0.25, -0.2) is 0 Å². The fourth-order valence-corrected chi connectivity index (χ4v) is 5.55. The second-order valence-corrected chi connectivity index (χ2v) is 8.67. The predicted octanol–water partition coefficient (Wildman–Crippen LogP) is 8.37. The van der Waals surface area contributed by atoms with E-state index in [-0.39, 0.29) is 5.41 Å². The van der Waals surface area contributed by atoms with Gasteiger partial charge in [-0.05, 0) is 45.0 Å². The van der Waals surface area contributed by atoms with Gasteiger partial charge in [0, 0.05) is 10.6 Å². The molecule has 0 bridgehead atoms. The molecule has 0 radical (unpaired) electrons. The predicted molar refractivity (Wildman–Crippen MR) is 134 cm³/mol. The second kappa shape index (κ2) is 7.51. The van der Waals surface area contributed by atoms with Gasteiger partial charge in [0.15, 0.2) is 0 Å². The Bertz CT molecular complexity index is 1370. The highest BCUT2D eigenvalue weighted by Gasteiger charge is 2.45. The Morgan fingerprint density at radius 3 is 1.47 bits per heavy atom. The lowest BCUT2D eigenvalue weighted by molar-refractivity contribution is 0.768. The Morgan fingerprint density at radius 1 is 0.406 bits per heavy atom. The smallest absolute Gasteiger partial charge is 0.0713 e. The summed E-state index contributed by atoms with van der Waals surface area (Å²) in [6, 6.07) is 45.5. The molecule has 0 unspecified atom stereocenters. The highest BCUT2D eigenvalue weighted by molar-refractivity contribution is 6.33. The topological polar surface area (TPSA) is 0 Å². The molecule has 0 N–H and O–H groups in total. The van der Waals surface area contributed by atoms with E-state index in [4.69, 9.17) is 11.6 Å². The molecular weight excluding hydrogens is 408 g/mol. The number of hydrogen-bond acceptors (Lipinski definition) is 0. The number of hydrogen-bond donors (Lipinski definition) is 0. The minimum atomic E-state index is -0.354. The Labute approximate surface area is 193 Å². The summed E-state index contributed by atoms with van der Waals surface area (Å²) in [6.45, 7) is 0. The van der Waals surface area contributed by atoms with Crippen LogP contribution in [0.5, 0.6) is 0 Å².